The van der Waals surface area contributed by atoms with Crippen molar-refractivity contribution < 1.29 is 19.4 Å². The van der Waals surface area contributed by atoms with Gasteiger partial charge in [-0.25, -0.2) is 0 Å². The molecule has 1 aromatic rings. The maximum atomic E-state index is 12.5. The largest absolute Gasteiger partial charge is 0.489 e. The second-order valence-corrected chi connectivity index (χ2v) is 6.30. The first kappa shape index (κ1) is 16.4. The van der Waals surface area contributed by atoms with E-state index in [2.05, 4.69) is 10.6 Å². The van der Waals surface area contributed by atoms with E-state index < -0.39 is 6.10 Å². The van der Waals surface area contributed by atoms with E-state index in [4.69, 9.17) is 21.1 Å². The van der Waals surface area contributed by atoms with Gasteiger partial charge in [-0.3, -0.25) is 4.79 Å². The van der Waals surface area contributed by atoms with Gasteiger partial charge in [-0.2, -0.15) is 0 Å². The first-order chi connectivity index (χ1) is 11.1. The molecule has 3 N–H and O–H groups in total. The number of fused-ring (bicyclic) bond motifs is 1. The fraction of sp³-hybridized carbons (Fsp3) is 0.562. The quantitative estimate of drug-likeness (QED) is 0.770. The van der Waals surface area contributed by atoms with Crippen molar-refractivity contribution in [2.75, 3.05) is 32.8 Å². The molecule has 2 heterocycles. The molecule has 0 aliphatic carbocycles. The summed E-state index contributed by atoms with van der Waals surface area (Å²) < 4.78 is 11.3. The number of amides is 1. The lowest BCUT2D eigenvalue weighted by Gasteiger charge is -2.28. The minimum Gasteiger partial charge on any atom is -0.489 e. The van der Waals surface area contributed by atoms with E-state index in [9.17, 15) is 9.90 Å². The van der Waals surface area contributed by atoms with Gasteiger partial charge in [0.25, 0.3) is 5.91 Å². The Balaban J connectivity index is 1.72. The Bertz CT molecular complexity index is 581. The number of rotatable bonds is 3. The number of hydrogen-bond donors (Lipinski definition) is 3. The van der Waals surface area contributed by atoms with Gasteiger partial charge in [0.1, 0.15) is 0 Å². The van der Waals surface area contributed by atoms with Crippen LogP contribution in [0, 0.1) is 5.92 Å². The summed E-state index contributed by atoms with van der Waals surface area (Å²) in [7, 11) is 0. The molecule has 0 saturated carbocycles. The lowest BCUT2D eigenvalue weighted by molar-refractivity contribution is 0.0752. The number of aliphatic hydroxyl groups excluding tert-OH is 1. The number of aliphatic hydroxyl groups is 1. The average molecular weight is 341 g/mol. The normalized spacial score (nSPS) is 23.9. The predicted molar refractivity (Wildman–Crippen MR) is 86.4 cm³/mol. The van der Waals surface area contributed by atoms with Gasteiger partial charge in [0.2, 0.25) is 0 Å². The molecule has 1 aromatic carbocycles. The van der Waals surface area contributed by atoms with Gasteiger partial charge >= 0.3 is 0 Å². The molecule has 6 nitrogen and oxygen atoms in total. The number of carbonyl (C=O) groups excluding carboxylic acids is 1. The second kappa shape index (κ2) is 7.38. The SMILES string of the molecule is O=C(NC[C@@H]1CCNCC1O)c1cc(Cl)cc2c1OCCCO2. The van der Waals surface area contributed by atoms with Gasteiger partial charge < -0.3 is 25.2 Å². The van der Waals surface area contributed by atoms with Crippen LogP contribution < -0.4 is 20.1 Å². The lowest BCUT2D eigenvalue weighted by Crippen LogP contribution is -2.45. The van der Waals surface area contributed by atoms with Crippen LogP contribution in [-0.2, 0) is 0 Å². The van der Waals surface area contributed by atoms with Crippen molar-refractivity contribution in [2.24, 2.45) is 5.92 Å². The zero-order valence-corrected chi connectivity index (χ0v) is 13.6. The fourth-order valence-electron chi connectivity index (χ4n) is 2.86. The fourth-order valence-corrected chi connectivity index (χ4v) is 3.07. The zero-order chi connectivity index (χ0) is 16.2. The van der Waals surface area contributed by atoms with E-state index >= 15 is 0 Å². The molecule has 0 spiro atoms. The molecule has 7 heteroatoms. The van der Waals surface area contributed by atoms with Crippen molar-refractivity contribution in [3.63, 3.8) is 0 Å². The smallest absolute Gasteiger partial charge is 0.255 e. The molecule has 2 aliphatic rings. The monoisotopic (exact) mass is 340 g/mol. The van der Waals surface area contributed by atoms with Gasteiger partial charge in [-0.15, -0.1) is 0 Å². The lowest BCUT2D eigenvalue weighted by atomic mass is 9.95. The summed E-state index contributed by atoms with van der Waals surface area (Å²) >= 11 is 6.09. The van der Waals surface area contributed by atoms with Crippen molar-refractivity contribution in [3.05, 3.63) is 22.7 Å². The molecular formula is C16H21ClN2O4. The van der Waals surface area contributed by atoms with Crippen LogP contribution in [0.4, 0.5) is 0 Å². The number of ether oxygens (including phenoxy) is 2. The second-order valence-electron chi connectivity index (χ2n) is 5.86. The highest BCUT2D eigenvalue weighted by Gasteiger charge is 2.25. The average Bonchev–Trinajstić information content (AvgIpc) is 2.78. The van der Waals surface area contributed by atoms with E-state index in [1.807, 2.05) is 0 Å². The van der Waals surface area contributed by atoms with E-state index in [0.29, 0.717) is 48.4 Å². The summed E-state index contributed by atoms with van der Waals surface area (Å²) in [5.41, 5.74) is 0.373. The molecule has 3 rings (SSSR count). The van der Waals surface area contributed by atoms with Crippen LogP contribution in [-0.4, -0.2) is 50.0 Å². The Morgan fingerprint density at radius 1 is 1.39 bits per heavy atom. The molecule has 2 aliphatic heterocycles. The summed E-state index contributed by atoms with van der Waals surface area (Å²) in [5.74, 6) is 0.729. The summed E-state index contributed by atoms with van der Waals surface area (Å²) in [4.78, 5) is 12.5. The predicted octanol–water partition coefficient (Wildman–Crippen LogP) is 1.20. The minimum absolute atomic E-state index is 0.0511. The van der Waals surface area contributed by atoms with Crippen LogP contribution in [0.25, 0.3) is 0 Å². The Morgan fingerprint density at radius 2 is 2.22 bits per heavy atom. The molecule has 1 fully saturated rings. The summed E-state index contributed by atoms with van der Waals surface area (Å²) in [5, 5.41) is 16.4. The molecule has 2 atom stereocenters. The van der Waals surface area contributed by atoms with Crippen LogP contribution in [0.5, 0.6) is 11.5 Å². The Hall–Kier alpha value is -1.50. The molecule has 126 valence electrons. The third-order valence-electron chi connectivity index (χ3n) is 4.17. The van der Waals surface area contributed by atoms with Crippen molar-refractivity contribution >= 4 is 17.5 Å². The third kappa shape index (κ3) is 3.88. The van der Waals surface area contributed by atoms with E-state index in [1.165, 1.54) is 0 Å². The van der Waals surface area contributed by atoms with E-state index in [1.54, 1.807) is 12.1 Å². The Morgan fingerprint density at radius 3 is 3.04 bits per heavy atom. The molecule has 1 saturated heterocycles. The highest BCUT2D eigenvalue weighted by Crippen LogP contribution is 2.36. The summed E-state index contributed by atoms with van der Waals surface area (Å²) in [6.07, 6.45) is 1.14. The van der Waals surface area contributed by atoms with Crippen LogP contribution in [0.3, 0.4) is 0 Å². The number of β-amino-alcohol motifs (C(OH)–C–C–N with tert-alkyl or cyclic N) is 1. The van der Waals surface area contributed by atoms with Crippen molar-refractivity contribution in [1.29, 1.82) is 0 Å². The first-order valence-corrected chi connectivity index (χ1v) is 8.29. The number of hydrogen-bond acceptors (Lipinski definition) is 5. The molecule has 23 heavy (non-hydrogen) atoms. The van der Waals surface area contributed by atoms with Gasteiger partial charge in [0.05, 0.1) is 24.9 Å². The van der Waals surface area contributed by atoms with Crippen LogP contribution in [0.1, 0.15) is 23.2 Å². The van der Waals surface area contributed by atoms with Gasteiger partial charge in [0.15, 0.2) is 11.5 Å². The standard InChI is InChI=1S/C16H21ClN2O4/c17-11-6-12(15-14(7-11)22-4-1-5-23-15)16(21)19-8-10-2-3-18-9-13(10)20/h6-7,10,13,18,20H,1-5,8-9H2,(H,19,21)/t10-,13?/m0/s1. The van der Waals surface area contributed by atoms with Crippen molar-refractivity contribution in [1.82, 2.24) is 10.6 Å². The highest BCUT2D eigenvalue weighted by atomic mass is 35.5. The number of piperidine rings is 1. The molecule has 0 aromatic heterocycles. The summed E-state index contributed by atoms with van der Waals surface area (Å²) in [6.45, 7) is 2.87. The van der Waals surface area contributed by atoms with E-state index in [0.717, 1.165) is 19.4 Å². The molecule has 0 bridgehead atoms. The molecule has 1 unspecified atom stereocenters. The highest BCUT2D eigenvalue weighted by molar-refractivity contribution is 6.31. The van der Waals surface area contributed by atoms with Gasteiger partial charge in [0, 0.05) is 36.5 Å². The maximum absolute atomic E-state index is 12.5. The van der Waals surface area contributed by atoms with Crippen LogP contribution in [0.15, 0.2) is 12.1 Å². The molecule has 1 amide bonds. The number of halogens is 1. The Labute approximate surface area is 140 Å². The van der Waals surface area contributed by atoms with Crippen molar-refractivity contribution in [3.8, 4) is 11.5 Å². The molecule has 0 radical (unpaired) electrons. The minimum atomic E-state index is -0.444. The maximum Gasteiger partial charge on any atom is 0.255 e. The summed E-state index contributed by atoms with van der Waals surface area (Å²) in [6, 6.07) is 3.25. The molecular weight excluding hydrogens is 320 g/mol. The van der Waals surface area contributed by atoms with Gasteiger partial charge in [-0.1, -0.05) is 11.6 Å². The van der Waals surface area contributed by atoms with Crippen LogP contribution in [0.2, 0.25) is 5.02 Å². The first-order valence-electron chi connectivity index (χ1n) is 7.91. The van der Waals surface area contributed by atoms with E-state index in [-0.39, 0.29) is 11.8 Å². The van der Waals surface area contributed by atoms with Crippen molar-refractivity contribution in [2.45, 2.75) is 18.9 Å². The number of nitrogens with one attached hydrogen (secondary N) is 2. The Kier molecular flexibility index (Phi) is 5.25. The zero-order valence-electron chi connectivity index (χ0n) is 12.8. The topological polar surface area (TPSA) is 79.8 Å². The number of benzene rings is 1. The van der Waals surface area contributed by atoms with Crippen LogP contribution >= 0.6 is 11.6 Å². The number of carbonyl (C=O) groups is 1. The van der Waals surface area contributed by atoms with Gasteiger partial charge in [-0.05, 0) is 19.0 Å². The third-order valence-corrected chi connectivity index (χ3v) is 4.39.